The van der Waals surface area contributed by atoms with Crippen LogP contribution in [0.5, 0.6) is 0 Å². The van der Waals surface area contributed by atoms with Crippen molar-refractivity contribution < 1.29 is 85.2 Å². The Bertz CT molecular complexity index is 843. The van der Waals surface area contributed by atoms with Crippen LogP contribution in [0.25, 0.3) is 0 Å². The van der Waals surface area contributed by atoms with Gasteiger partial charge in [0.15, 0.2) is 11.4 Å². The van der Waals surface area contributed by atoms with Gasteiger partial charge in [0.05, 0.1) is 0 Å². The van der Waals surface area contributed by atoms with E-state index in [4.69, 9.17) is 5.11 Å². The molecule has 0 saturated heterocycles. The van der Waals surface area contributed by atoms with Crippen LogP contribution in [-0.4, -0.2) is 20.9 Å². The van der Waals surface area contributed by atoms with Gasteiger partial charge in [-0.15, -0.1) is 17.7 Å². The zero-order chi connectivity index (χ0) is 19.9. The van der Waals surface area contributed by atoms with Crippen LogP contribution >= 0.6 is 0 Å². The quantitative estimate of drug-likeness (QED) is 0.354. The van der Waals surface area contributed by atoms with E-state index in [0.29, 0.717) is 11.1 Å². The van der Waals surface area contributed by atoms with Crippen LogP contribution in [0.1, 0.15) is 29.2 Å². The topological polar surface area (TPSA) is 124 Å². The van der Waals surface area contributed by atoms with Gasteiger partial charge in [0, 0.05) is 81.7 Å². The molecule has 10 heteroatoms. The Kier molecular flexibility index (Phi) is 14.5. The van der Waals surface area contributed by atoms with Crippen LogP contribution in [0.15, 0.2) is 24.3 Å². The largest absolute Gasteiger partial charge is 0.482 e. The Labute approximate surface area is 213 Å². The second-order valence-electron chi connectivity index (χ2n) is 5.49. The molecule has 2 rings (SSSR count). The molecule has 2 radical (unpaired) electrons. The molecular formula is C18H18N2O6Y2-2. The first-order valence-electron chi connectivity index (χ1n) is 7.68. The fourth-order valence-electron chi connectivity index (χ4n) is 2.17. The number of hydrogen-bond acceptors (Lipinski definition) is 5. The molecule has 0 spiro atoms. The van der Waals surface area contributed by atoms with Crippen LogP contribution in [0, 0.1) is 46.2 Å². The van der Waals surface area contributed by atoms with Gasteiger partial charge in [-0.3, -0.25) is 25.0 Å². The van der Waals surface area contributed by atoms with Gasteiger partial charge >= 0.3 is 0 Å². The minimum atomic E-state index is -0.963. The number of carboxylic acid groups (broad SMARTS) is 1. The zero-order valence-electron chi connectivity index (χ0n) is 15.8. The van der Waals surface area contributed by atoms with Crippen molar-refractivity contribution in [3.05, 3.63) is 78.9 Å². The summed E-state index contributed by atoms with van der Waals surface area (Å²) in [5.74, 6) is -0.963. The van der Waals surface area contributed by atoms with E-state index in [2.05, 4.69) is 12.1 Å². The summed E-state index contributed by atoms with van der Waals surface area (Å²) in [6.07, 6.45) is 0.751. The number of aryl methyl sites for hydroxylation is 3. The van der Waals surface area contributed by atoms with Gasteiger partial charge in [-0.25, -0.2) is 0 Å². The number of aliphatic carboxylic acids is 1. The summed E-state index contributed by atoms with van der Waals surface area (Å²) in [5.41, 5.74) is 3.12. The van der Waals surface area contributed by atoms with Gasteiger partial charge in [0.25, 0.3) is 5.97 Å². The SMILES string of the molecule is CCc1c[c-]c([N+](=O)[O-])cc1C.Cc1cc([N+](=O)[O-])[c-]cc1CC(=O)O.[Y].[Y]. The van der Waals surface area contributed by atoms with Gasteiger partial charge in [0.1, 0.15) is 0 Å². The van der Waals surface area contributed by atoms with Crippen molar-refractivity contribution in [3.63, 3.8) is 0 Å². The summed E-state index contributed by atoms with van der Waals surface area (Å²) in [6.45, 7) is 5.53. The molecule has 0 aliphatic rings. The monoisotopic (exact) mass is 536 g/mol. The molecule has 0 fully saturated rings. The summed E-state index contributed by atoms with van der Waals surface area (Å²) in [5, 5.41) is 29.2. The number of nitrogens with zero attached hydrogens (tertiary/aromatic N) is 2. The number of carboxylic acids is 1. The minimum Gasteiger partial charge on any atom is -0.482 e. The second-order valence-corrected chi connectivity index (χ2v) is 5.49. The van der Waals surface area contributed by atoms with Gasteiger partial charge < -0.3 is 5.11 Å². The molecule has 0 bridgehead atoms. The van der Waals surface area contributed by atoms with E-state index in [-0.39, 0.29) is 83.2 Å². The maximum Gasteiger partial charge on any atom is 0.296 e. The summed E-state index contributed by atoms with van der Waals surface area (Å²) in [4.78, 5) is 30.1. The van der Waals surface area contributed by atoms with Crippen molar-refractivity contribution in [2.24, 2.45) is 0 Å². The first-order valence-corrected chi connectivity index (χ1v) is 7.68. The van der Waals surface area contributed by atoms with E-state index in [0.717, 1.165) is 17.5 Å². The van der Waals surface area contributed by atoms with Gasteiger partial charge in [-0.05, 0) is 0 Å². The number of hydrogen-bond donors (Lipinski definition) is 1. The molecule has 0 aliphatic carbocycles. The van der Waals surface area contributed by atoms with Crippen molar-refractivity contribution in [3.8, 4) is 0 Å². The molecule has 0 saturated carbocycles. The van der Waals surface area contributed by atoms with E-state index in [1.54, 1.807) is 19.1 Å². The van der Waals surface area contributed by atoms with Crippen molar-refractivity contribution in [1.29, 1.82) is 0 Å². The average Bonchev–Trinajstić information content (AvgIpc) is 2.56. The van der Waals surface area contributed by atoms with E-state index in [1.807, 2.05) is 13.8 Å². The summed E-state index contributed by atoms with van der Waals surface area (Å²) < 4.78 is 0. The first-order chi connectivity index (χ1) is 12.1. The Morgan fingerprint density at radius 1 is 0.964 bits per heavy atom. The number of benzene rings is 2. The molecule has 144 valence electrons. The van der Waals surface area contributed by atoms with Crippen LogP contribution in [-0.2, 0) is 83.1 Å². The maximum atomic E-state index is 10.4. The molecule has 1 N–H and O–H groups in total. The zero-order valence-corrected chi connectivity index (χ0v) is 21.4. The molecule has 0 aromatic heterocycles. The molecule has 8 nitrogen and oxygen atoms in total. The van der Waals surface area contributed by atoms with Crippen molar-refractivity contribution >= 4 is 17.3 Å². The molecule has 2 aromatic rings. The molecule has 0 aliphatic heterocycles. The van der Waals surface area contributed by atoms with Crippen molar-refractivity contribution in [2.75, 3.05) is 0 Å². The average molecular weight is 536 g/mol. The molecule has 0 atom stereocenters. The molecule has 2 aromatic carbocycles. The van der Waals surface area contributed by atoms with Gasteiger partial charge in [-0.2, -0.15) is 28.8 Å². The van der Waals surface area contributed by atoms with E-state index in [9.17, 15) is 25.0 Å². The standard InChI is InChI=1S/C9H8NO4.C9H10NO2.2Y/c1-6-4-8(10(13)14)3-2-7(6)5-9(11)12;1-3-8-4-5-9(10(11)12)6-7(8)2;;/h2,4H,5H2,1H3,(H,11,12);4,6H,3H2,1-2H3;;/q2*-1;;. The molecule has 28 heavy (non-hydrogen) atoms. The van der Waals surface area contributed by atoms with Crippen molar-refractivity contribution in [1.82, 2.24) is 0 Å². The van der Waals surface area contributed by atoms with Crippen LogP contribution in [0.2, 0.25) is 0 Å². The summed E-state index contributed by atoms with van der Waals surface area (Å²) in [7, 11) is 0. The predicted octanol–water partition coefficient (Wildman–Crippen LogP) is 3.59. The van der Waals surface area contributed by atoms with E-state index < -0.39 is 15.8 Å². The molecular weight excluding hydrogens is 518 g/mol. The normalized spacial score (nSPS) is 9.11. The molecule has 0 amide bonds. The third-order valence-corrected chi connectivity index (χ3v) is 3.62. The first kappa shape index (κ1) is 29.1. The Morgan fingerprint density at radius 3 is 1.64 bits per heavy atom. The fraction of sp³-hybridized carbons (Fsp3) is 0.278. The van der Waals surface area contributed by atoms with E-state index in [1.165, 1.54) is 12.1 Å². The summed E-state index contributed by atoms with van der Waals surface area (Å²) >= 11 is 0. The van der Waals surface area contributed by atoms with Gasteiger partial charge in [0.2, 0.25) is 0 Å². The third kappa shape index (κ3) is 9.41. The van der Waals surface area contributed by atoms with Gasteiger partial charge in [-0.1, -0.05) is 39.3 Å². The Morgan fingerprint density at radius 2 is 1.36 bits per heavy atom. The minimum absolute atomic E-state index is 0. The van der Waals surface area contributed by atoms with Crippen LogP contribution < -0.4 is 0 Å². The molecule has 0 heterocycles. The third-order valence-electron chi connectivity index (χ3n) is 3.62. The van der Waals surface area contributed by atoms with Crippen LogP contribution in [0.3, 0.4) is 0 Å². The van der Waals surface area contributed by atoms with Crippen molar-refractivity contribution in [2.45, 2.75) is 33.6 Å². The summed E-state index contributed by atoms with van der Waals surface area (Å²) in [6, 6.07) is 11.0. The maximum absolute atomic E-state index is 10.4. The number of carbonyl (C=O) groups is 1. The number of nitro groups is 2. The second kappa shape index (κ2) is 14.0. The van der Waals surface area contributed by atoms with Crippen LogP contribution in [0.4, 0.5) is 11.4 Å². The number of rotatable bonds is 5. The predicted molar refractivity (Wildman–Crippen MR) is 94.1 cm³/mol. The van der Waals surface area contributed by atoms with E-state index >= 15 is 0 Å². The molecule has 0 unspecified atom stereocenters. The number of non-ortho nitro benzene ring substituents is 2. The smallest absolute Gasteiger partial charge is 0.296 e. The number of nitro benzene ring substituents is 2. The fourth-order valence-corrected chi connectivity index (χ4v) is 2.17. The Hall–Kier alpha value is -1.08. The Balaban J connectivity index is 0.